The molecule has 4 heteroatoms. The predicted octanol–water partition coefficient (Wildman–Crippen LogP) is 2.31. The Kier molecular flexibility index (Phi) is 5.92. The average Bonchev–Trinajstić information content (AvgIpc) is 2.85. The highest BCUT2D eigenvalue weighted by atomic mass is 16.3. The van der Waals surface area contributed by atoms with Crippen molar-refractivity contribution in [1.82, 2.24) is 10.6 Å². The summed E-state index contributed by atoms with van der Waals surface area (Å²) >= 11 is 0. The Hall–Kier alpha value is -1.29. The van der Waals surface area contributed by atoms with Crippen LogP contribution < -0.4 is 10.6 Å². The van der Waals surface area contributed by atoms with E-state index < -0.39 is 0 Å². The van der Waals surface area contributed by atoms with Crippen LogP contribution >= 0.6 is 0 Å². The van der Waals surface area contributed by atoms with Gasteiger partial charge in [0.25, 0.3) is 0 Å². The molecular weight excluding hydrogens is 228 g/mol. The molecule has 0 saturated carbocycles. The number of carbonyl (C=O) groups excluding carboxylic acids is 1. The number of carbonyl (C=O) groups is 1. The highest BCUT2D eigenvalue weighted by molar-refractivity contribution is 5.81. The number of amides is 1. The second-order valence-corrected chi connectivity index (χ2v) is 4.94. The average molecular weight is 252 g/mol. The Labute approximate surface area is 109 Å². The lowest BCUT2D eigenvalue weighted by Gasteiger charge is -2.24. The van der Waals surface area contributed by atoms with E-state index in [1.165, 1.54) is 0 Å². The molecule has 2 unspecified atom stereocenters. The van der Waals surface area contributed by atoms with Gasteiger partial charge in [-0.3, -0.25) is 4.79 Å². The number of nitrogens with one attached hydrogen (secondary N) is 2. The van der Waals surface area contributed by atoms with E-state index in [0.717, 1.165) is 12.2 Å². The minimum absolute atomic E-state index is 0.00509. The first-order chi connectivity index (χ1) is 8.54. The van der Waals surface area contributed by atoms with Gasteiger partial charge in [0.2, 0.25) is 5.91 Å². The van der Waals surface area contributed by atoms with Gasteiger partial charge in [0.05, 0.1) is 18.8 Å². The molecule has 2 atom stereocenters. The van der Waals surface area contributed by atoms with Crippen molar-refractivity contribution >= 4 is 5.91 Å². The molecule has 102 valence electrons. The molecule has 0 aliphatic heterocycles. The summed E-state index contributed by atoms with van der Waals surface area (Å²) in [6.07, 6.45) is 2.63. The molecule has 0 saturated heterocycles. The topological polar surface area (TPSA) is 54.3 Å². The third-order valence-electron chi connectivity index (χ3n) is 3.12. The molecule has 0 radical (unpaired) electrons. The molecule has 2 N–H and O–H groups in total. The summed E-state index contributed by atoms with van der Waals surface area (Å²) in [4.78, 5) is 11.9. The Morgan fingerprint density at radius 2 is 2.11 bits per heavy atom. The molecule has 1 rings (SSSR count). The molecule has 0 aliphatic rings. The quantitative estimate of drug-likeness (QED) is 0.783. The molecule has 1 aromatic rings. The van der Waals surface area contributed by atoms with Gasteiger partial charge >= 0.3 is 0 Å². The second kappa shape index (κ2) is 7.21. The highest BCUT2D eigenvalue weighted by Gasteiger charge is 2.18. The molecule has 4 nitrogen and oxygen atoms in total. The number of rotatable bonds is 7. The van der Waals surface area contributed by atoms with Crippen molar-refractivity contribution in [2.45, 2.75) is 52.7 Å². The van der Waals surface area contributed by atoms with Crippen LogP contribution in [-0.2, 0) is 11.3 Å². The van der Waals surface area contributed by atoms with Crippen LogP contribution in [-0.4, -0.2) is 18.0 Å². The van der Waals surface area contributed by atoms with E-state index in [9.17, 15) is 4.79 Å². The third-order valence-corrected chi connectivity index (χ3v) is 3.12. The molecule has 0 bridgehead atoms. The van der Waals surface area contributed by atoms with Crippen LogP contribution in [0.3, 0.4) is 0 Å². The summed E-state index contributed by atoms with van der Waals surface area (Å²) in [5, 5.41) is 6.21. The molecule has 0 spiro atoms. The molecule has 0 aliphatic carbocycles. The minimum Gasteiger partial charge on any atom is -0.467 e. The summed E-state index contributed by atoms with van der Waals surface area (Å²) in [7, 11) is 0. The van der Waals surface area contributed by atoms with Gasteiger partial charge in [-0.05, 0) is 31.4 Å². The predicted molar refractivity (Wildman–Crippen MR) is 72.1 cm³/mol. The van der Waals surface area contributed by atoms with Crippen LogP contribution in [0.1, 0.15) is 39.9 Å². The maximum absolute atomic E-state index is 11.9. The van der Waals surface area contributed by atoms with Gasteiger partial charge in [-0.1, -0.05) is 20.8 Å². The van der Waals surface area contributed by atoms with E-state index in [1.54, 1.807) is 6.26 Å². The van der Waals surface area contributed by atoms with Crippen molar-refractivity contribution < 1.29 is 9.21 Å². The lowest BCUT2D eigenvalue weighted by atomic mass is 10.0. The van der Waals surface area contributed by atoms with Crippen molar-refractivity contribution in [2.24, 2.45) is 5.92 Å². The summed E-state index contributed by atoms with van der Waals surface area (Å²) in [5.74, 6) is 1.30. The third kappa shape index (κ3) is 4.53. The van der Waals surface area contributed by atoms with E-state index in [2.05, 4.69) is 31.4 Å². The Morgan fingerprint density at radius 1 is 1.39 bits per heavy atom. The van der Waals surface area contributed by atoms with E-state index in [0.29, 0.717) is 18.5 Å². The van der Waals surface area contributed by atoms with Crippen molar-refractivity contribution in [3.8, 4) is 0 Å². The summed E-state index contributed by atoms with van der Waals surface area (Å²) in [6.45, 7) is 8.78. The van der Waals surface area contributed by atoms with Gasteiger partial charge in [-0.2, -0.15) is 0 Å². The highest BCUT2D eigenvalue weighted by Crippen LogP contribution is 2.06. The Bertz CT molecular complexity index is 347. The van der Waals surface area contributed by atoms with E-state index in [-0.39, 0.29) is 11.9 Å². The molecule has 0 fully saturated rings. The molecule has 1 amide bonds. The zero-order chi connectivity index (χ0) is 13.5. The zero-order valence-electron chi connectivity index (χ0n) is 11.7. The first-order valence-corrected chi connectivity index (χ1v) is 6.60. The van der Waals surface area contributed by atoms with Gasteiger partial charge in [0.1, 0.15) is 5.76 Å². The lowest BCUT2D eigenvalue weighted by Crippen LogP contribution is -2.47. The summed E-state index contributed by atoms with van der Waals surface area (Å²) < 4.78 is 5.17. The Morgan fingerprint density at radius 3 is 2.61 bits per heavy atom. The van der Waals surface area contributed by atoms with Gasteiger partial charge in [0, 0.05) is 6.04 Å². The standard InChI is InChI=1S/C14H24N2O2/c1-5-13(10(2)3)16-11(4)14(17)15-9-12-7-6-8-18-12/h6-8,10-11,13,16H,5,9H2,1-4H3,(H,15,17). The molecule has 1 heterocycles. The number of hydrogen-bond donors (Lipinski definition) is 2. The maximum atomic E-state index is 11.9. The van der Waals surface area contributed by atoms with Gasteiger partial charge < -0.3 is 15.1 Å². The van der Waals surface area contributed by atoms with Crippen LogP contribution in [0.25, 0.3) is 0 Å². The molecule has 0 aromatic carbocycles. The SMILES string of the molecule is CCC(NC(C)C(=O)NCc1ccco1)C(C)C. The van der Waals surface area contributed by atoms with Crippen molar-refractivity contribution in [3.63, 3.8) is 0 Å². The van der Waals surface area contributed by atoms with Gasteiger partial charge in [-0.25, -0.2) is 0 Å². The monoisotopic (exact) mass is 252 g/mol. The van der Waals surface area contributed by atoms with Crippen molar-refractivity contribution in [3.05, 3.63) is 24.2 Å². The molecule has 18 heavy (non-hydrogen) atoms. The first kappa shape index (κ1) is 14.8. The number of hydrogen-bond acceptors (Lipinski definition) is 3. The fraction of sp³-hybridized carbons (Fsp3) is 0.643. The van der Waals surface area contributed by atoms with Crippen LogP contribution in [0.2, 0.25) is 0 Å². The van der Waals surface area contributed by atoms with E-state index >= 15 is 0 Å². The normalized spacial score (nSPS) is 14.5. The van der Waals surface area contributed by atoms with E-state index in [4.69, 9.17) is 4.42 Å². The Balaban J connectivity index is 2.36. The van der Waals surface area contributed by atoms with Gasteiger partial charge in [-0.15, -0.1) is 0 Å². The smallest absolute Gasteiger partial charge is 0.237 e. The largest absolute Gasteiger partial charge is 0.467 e. The first-order valence-electron chi connectivity index (χ1n) is 6.60. The van der Waals surface area contributed by atoms with Crippen LogP contribution in [0.5, 0.6) is 0 Å². The number of furan rings is 1. The van der Waals surface area contributed by atoms with Crippen molar-refractivity contribution in [2.75, 3.05) is 0 Å². The lowest BCUT2D eigenvalue weighted by molar-refractivity contribution is -0.123. The fourth-order valence-corrected chi connectivity index (χ4v) is 1.92. The second-order valence-electron chi connectivity index (χ2n) is 4.94. The minimum atomic E-state index is -0.188. The zero-order valence-corrected chi connectivity index (χ0v) is 11.7. The van der Waals surface area contributed by atoms with Crippen LogP contribution in [0.15, 0.2) is 22.8 Å². The fourth-order valence-electron chi connectivity index (χ4n) is 1.92. The summed E-state index contributed by atoms with van der Waals surface area (Å²) in [5.41, 5.74) is 0. The molecular formula is C14H24N2O2. The van der Waals surface area contributed by atoms with E-state index in [1.807, 2.05) is 19.1 Å². The van der Waals surface area contributed by atoms with Crippen LogP contribution in [0.4, 0.5) is 0 Å². The summed E-state index contributed by atoms with van der Waals surface area (Å²) in [6, 6.07) is 3.85. The maximum Gasteiger partial charge on any atom is 0.237 e. The van der Waals surface area contributed by atoms with Crippen LogP contribution in [0, 0.1) is 5.92 Å². The van der Waals surface area contributed by atoms with Crippen molar-refractivity contribution in [1.29, 1.82) is 0 Å². The van der Waals surface area contributed by atoms with Gasteiger partial charge in [0.15, 0.2) is 0 Å². The molecule has 1 aromatic heterocycles.